The predicted octanol–water partition coefficient (Wildman–Crippen LogP) is 2.63. The lowest BCUT2D eigenvalue weighted by atomic mass is 10.1. The molecule has 1 aromatic rings. The van der Waals surface area contributed by atoms with Crippen LogP contribution in [0.1, 0.15) is 38.1 Å². The van der Waals surface area contributed by atoms with Crippen LogP contribution in [0.15, 0.2) is 18.2 Å². The number of esters is 1. The Kier molecular flexibility index (Phi) is 6.37. The zero-order valence-electron chi connectivity index (χ0n) is 13.7. The molecule has 0 fully saturated rings. The maximum absolute atomic E-state index is 12.1. The molecule has 0 heterocycles. The number of hydrogen-bond donors (Lipinski definition) is 1. The van der Waals surface area contributed by atoms with Crippen molar-refractivity contribution < 1.29 is 23.8 Å². The molecule has 0 spiro atoms. The molecule has 0 saturated heterocycles. The number of methoxy groups -OCH3 is 1. The Bertz CT molecular complexity index is 539. The average Bonchev–Trinajstić information content (AvgIpc) is 2.49. The summed E-state index contributed by atoms with van der Waals surface area (Å²) in [5, 5.41) is 2.71. The summed E-state index contributed by atoms with van der Waals surface area (Å²) < 4.78 is 15.5. The molecule has 0 saturated carbocycles. The molecule has 0 aromatic heterocycles. The van der Waals surface area contributed by atoms with Gasteiger partial charge in [0.25, 0.3) is 5.91 Å². The van der Waals surface area contributed by atoms with E-state index in [2.05, 4.69) is 5.32 Å². The van der Waals surface area contributed by atoms with Gasteiger partial charge in [0.2, 0.25) is 0 Å². The molecular formula is C16H23NO5. The Hall–Kier alpha value is -2.08. The van der Waals surface area contributed by atoms with Crippen molar-refractivity contribution in [3.63, 3.8) is 0 Å². The number of ether oxygens (including phenoxy) is 3. The SMILES string of the molecule is CCOC(=O)c1cc(NC(=O)C(C)(C)OC)ccc1OCC. The van der Waals surface area contributed by atoms with Crippen molar-refractivity contribution in [3.05, 3.63) is 23.8 Å². The molecule has 1 rings (SSSR count). The number of hydrogen-bond acceptors (Lipinski definition) is 5. The van der Waals surface area contributed by atoms with Crippen molar-refractivity contribution in [2.45, 2.75) is 33.3 Å². The quantitative estimate of drug-likeness (QED) is 0.784. The third-order valence-electron chi connectivity index (χ3n) is 3.09. The first-order valence-corrected chi connectivity index (χ1v) is 7.16. The number of nitrogens with one attached hydrogen (secondary N) is 1. The van der Waals surface area contributed by atoms with E-state index >= 15 is 0 Å². The second kappa shape index (κ2) is 7.79. The number of benzene rings is 1. The second-order valence-corrected chi connectivity index (χ2v) is 5.03. The summed E-state index contributed by atoms with van der Waals surface area (Å²) >= 11 is 0. The van der Waals surface area contributed by atoms with Crippen LogP contribution < -0.4 is 10.1 Å². The molecule has 6 nitrogen and oxygen atoms in total. The van der Waals surface area contributed by atoms with Crippen LogP contribution in [0.3, 0.4) is 0 Å². The van der Waals surface area contributed by atoms with E-state index in [1.165, 1.54) is 13.2 Å². The molecule has 0 aliphatic carbocycles. The summed E-state index contributed by atoms with van der Waals surface area (Å²) in [5.74, 6) is -0.382. The van der Waals surface area contributed by atoms with Gasteiger partial charge in [-0.25, -0.2) is 4.79 Å². The van der Waals surface area contributed by atoms with E-state index in [0.717, 1.165) is 0 Å². The highest BCUT2D eigenvalue weighted by Crippen LogP contribution is 2.25. The van der Waals surface area contributed by atoms with Gasteiger partial charge in [0.1, 0.15) is 16.9 Å². The molecule has 0 aliphatic heterocycles. The summed E-state index contributed by atoms with van der Waals surface area (Å²) in [6.45, 7) is 7.55. The van der Waals surface area contributed by atoms with Gasteiger partial charge in [-0.1, -0.05) is 0 Å². The minimum absolute atomic E-state index is 0.262. The Morgan fingerprint density at radius 2 is 1.86 bits per heavy atom. The summed E-state index contributed by atoms with van der Waals surface area (Å²) in [5.41, 5.74) is -0.221. The van der Waals surface area contributed by atoms with Gasteiger partial charge in [-0.15, -0.1) is 0 Å². The van der Waals surface area contributed by atoms with Gasteiger partial charge in [0, 0.05) is 12.8 Å². The van der Waals surface area contributed by atoms with E-state index in [9.17, 15) is 9.59 Å². The molecule has 1 N–H and O–H groups in total. The Morgan fingerprint density at radius 1 is 1.18 bits per heavy atom. The Balaban J connectivity index is 3.06. The molecule has 1 aromatic carbocycles. The van der Waals surface area contributed by atoms with Crippen LogP contribution >= 0.6 is 0 Å². The van der Waals surface area contributed by atoms with Crippen LogP contribution in [0.4, 0.5) is 5.69 Å². The van der Waals surface area contributed by atoms with E-state index in [0.29, 0.717) is 18.0 Å². The second-order valence-electron chi connectivity index (χ2n) is 5.03. The average molecular weight is 309 g/mol. The number of carbonyl (C=O) groups is 2. The van der Waals surface area contributed by atoms with Gasteiger partial charge in [-0.3, -0.25) is 4.79 Å². The first-order valence-electron chi connectivity index (χ1n) is 7.16. The van der Waals surface area contributed by atoms with Crippen LogP contribution in [0.2, 0.25) is 0 Å². The molecule has 0 unspecified atom stereocenters. The molecule has 22 heavy (non-hydrogen) atoms. The first kappa shape index (κ1) is 18.0. The van der Waals surface area contributed by atoms with Crippen LogP contribution in [0.5, 0.6) is 5.75 Å². The lowest BCUT2D eigenvalue weighted by Crippen LogP contribution is -2.38. The zero-order chi connectivity index (χ0) is 16.8. The lowest BCUT2D eigenvalue weighted by molar-refractivity contribution is -0.133. The minimum atomic E-state index is -0.970. The van der Waals surface area contributed by atoms with Crippen molar-refractivity contribution in [3.8, 4) is 5.75 Å². The highest BCUT2D eigenvalue weighted by Gasteiger charge is 2.27. The van der Waals surface area contributed by atoms with Crippen molar-refractivity contribution in [2.24, 2.45) is 0 Å². The minimum Gasteiger partial charge on any atom is -0.493 e. The van der Waals surface area contributed by atoms with E-state index in [1.54, 1.807) is 32.9 Å². The zero-order valence-corrected chi connectivity index (χ0v) is 13.7. The number of carbonyl (C=O) groups excluding carboxylic acids is 2. The first-order chi connectivity index (χ1) is 10.4. The van der Waals surface area contributed by atoms with Gasteiger partial charge < -0.3 is 19.5 Å². The highest BCUT2D eigenvalue weighted by molar-refractivity contribution is 5.99. The van der Waals surface area contributed by atoms with E-state index < -0.39 is 11.6 Å². The third-order valence-corrected chi connectivity index (χ3v) is 3.09. The molecule has 0 aliphatic rings. The van der Waals surface area contributed by atoms with Gasteiger partial charge in [-0.05, 0) is 45.9 Å². The fraction of sp³-hybridized carbons (Fsp3) is 0.500. The molecule has 0 radical (unpaired) electrons. The maximum atomic E-state index is 12.1. The largest absolute Gasteiger partial charge is 0.493 e. The standard InChI is InChI=1S/C16H23NO5/c1-6-21-13-9-8-11(10-12(13)14(18)22-7-2)17-15(19)16(3,4)20-5/h8-10H,6-7H2,1-5H3,(H,17,19). The van der Waals surface area contributed by atoms with Crippen molar-refractivity contribution >= 4 is 17.6 Å². The van der Waals surface area contributed by atoms with E-state index in [4.69, 9.17) is 14.2 Å². The molecule has 0 bridgehead atoms. The van der Waals surface area contributed by atoms with Crippen molar-refractivity contribution in [1.82, 2.24) is 0 Å². The number of anilines is 1. The molecule has 1 amide bonds. The monoisotopic (exact) mass is 309 g/mol. The van der Waals surface area contributed by atoms with Crippen LogP contribution in [0, 0.1) is 0 Å². The third kappa shape index (κ3) is 4.46. The molecule has 0 atom stereocenters. The lowest BCUT2D eigenvalue weighted by Gasteiger charge is -2.22. The summed E-state index contributed by atoms with van der Waals surface area (Å²) in [6, 6.07) is 4.83. The van der Waals surface area contributed by atoms with E-state index in [1.807, 2.05) is 6.92 Å². The fourth-order valence-electron chi connectivity index (χ4n) is 1.63. The van der Waals surface area contributed by atoms with E-state index in [-0.39, 0.29) is 18.1 Å². The maximum Gasteiger partial charge on any atom is 0.341 e. The smallest absolute Gasteiger partial charge is 0.341 e. The van der Waals surface area contributed by atoms with Gasteiger partial charge in [0.15, 0.2) is 0 Å². The van der Waals surface area contributed by atoms with Crippen LogP contribution in [0.25, 0.3) is 0 Å². The highest BCUT2D eigenvalue weighted by atomic mass is 16.5. The van der Waals surface area contributed by atoms with Gasteiger partial charge in [-0.2, -0.15) is 0 Å². The number of amides is 1. The fourth-order valence-corrected chi connectivity index (χ4v) is 1.63. The molecule has 6 heteroatoms. The van der Waals surface area contributed by atoms with Crippen LogP contribution in [-0.4, -0.2) is 37.8 Å². The summed E-state index contributed by atoms with van der Waals surface area (Å²) in [6.07, 6.45) is 0. The van der Waals surface area contributed by atoms with Crippen LogP contribution in [-0.2, 0) is 14.3 Å². The Labute approximate surface area is 130 Å². The summed E-state index contributed by atoms with van der Waals surface area (Å²) in [4.78, 5) is 24.1. The van der Waals surface area contributed by atoms with Crippen molar-refractivity contribution in [1.29, 1.82) is 0 Å². The number of rotatable bonds is 7. The summed E-state index contributed by atoms with van der Waals surface area (Å²) in [7, 11) is 1.46. The van der Waals surface area contributed by atoms with Gasteiger partial charge >= 0.3 is 5.97 Å². The predicted molar refractivity (Wildman–Crippen MR) is 83.3 cm³/mol. The Morgan fingerprint density at radius 3 is 2.41 bits per heavy atom. The molecular weight excluding hydrogens is 286 g/mol. The van der Waals surface area contributed by atoms with Crippen molar-refractivity contribution in [2.75, 3.05) is 25.6 Å². The molecule has 122 valence electrons. The van der Waals surface area contributed by atoms with Gasteiger partial charge in [0.05, 0.1) is 13.2 Å². The normalized spacial score (nSPS) is 11.0. The topological polar surface area (TPSA) is 73.9 Å².